The van der Waals surface area contributed by atoms with Crippen LogP contribution in [-0.2, 0) is 12.0 Å². The number of aliphatic hydroxyl groups is 2. The zero-order valence-corrected chi connectivity index (χ0v) is 17.3. The number of rotatable bonds is 3. The summed E-state index contributed by atoms with van der Waals surface area (Å²) in [5.41, 5.74) is -7.72. The van der Waals surface area contributed by atoms with Crippen LogP contribution in [0, 0.1) is 20.8 Å². The minimum atomic E-state index is -5.81. The number of aryl methyl sites for hydroxylation is 3. The number of phenolic OH excluding ortho intramolecular Hbond substituents is 1. The number of alkyl halides is 6. The molecule has 0 saturated carbocycles. The predicted molar refractivity (Wildman–Crippen MR) is 102 cm³/mol. The van der Waals surface area contributed by atoms with Crippen molar-refractivity contribution in [3.63, 3.8) is 0 Å². The van der Waals surface area contributed by atoms with Crippen molar-refractivity contribution in [1.82, 2.24) is 0 Å². The van der Waals surface area contributed by atoms with Crippen LogP contribution in [0.3, 0.4) is 0 Å². The second-order valence-corrected chi connectivity index (χ2v) is 6.98. The highest BCUT2D eigenvalue weighted by Gasteiger charge is 2.72. The number of hydrogen-bond donors (Lipinski definition) is 4. The molecule has 0 fully saturated rings. The molecule has 0 aliphatic carbocycles. The fraction of sp³-hybridized carbons (Fsp3) is 0.429. The minimum Gasteiger partial charge on any atom is -0.507 e. The Morgan fingerprint density at radius 1 is 0.677 bits per heavy atom. The van der Waals surface area contributed by atoms with Gasteiger partial charge >= 0.3 is 12.4 Å². The summed E-state index contributed by atoms with van der Waals surface area (Å²) < 4.78 is 85.0. The molecule has 0 heterocycles. The molecule has 0 radical (unpaired) electrons. The molecule has 0 aliphatic rings. The van der Waals surface area contributed by atoms with Crippen LogP contribution in [-0.4, -0.2) is 39.4 Å². The first-order valence-corrected chi connectivity index (χ1v) is 9.08. The van der Waals surface area contributed by atoms with E-state index in [9.17, 15) is 41.7 Å². The van der Waals surface area contributed by atoms with E-state index in [4.69, 9.17) is 5.11 Å². The maximum atomic E-state index is 14.2. The Morgan fingerprint density at radius 3 is 1.32 bits per heavy atom. The van der Waals surface area contributed by atoms with Crippen LogP contribution in [0.15, 0.2) is 24.3 Å². The normalized spacial score (nSPS) is 12.4. The smallest absolute Gasteiger partial charge is 0.411 e. The fourth-order valence-corrected chi connectivity index (χ4v) is 3.34. The molecular weight excluding hydrogens is 430 g/mol. The van der Waals surface area contributed by atoms with Crippen molar-refractivity contribution in [3.05, 3.63) is 57.6 Å². The summed E-state index contributed by atoms with van der Waals surface area (Å²) >= 11 is 0. The number of benzene rings is 2. The molecular formula is C21H24F6O4. The third kappa shape index (κ3) is 4.74. The predicted octanol–water partition coefficient (Wildman–Crippen LogP) is 4.92. The number of aromatic hydroxyl groups is 2. The van der Waals surface area contributed by atoms with Crippen molar-refractivity contribution in [2.45, 2.75) is 52.1 Å². The topological polar surface area (TPSA) is 80.9 Å². The van der Waals surface area contributed by atoms with Crippen LogP contribution in [0.25, 0.3) is 0 Å². The average molecular weight is 454 g/mol. The van der Waals surface area contributed by atoms with Crippen molar-refractivity contribution in [1.29, 1.82) is 0 Å². The van der Waals surface area contributed by atoms with E-state index in [-0.39, 0.29) is 23.3 Å². The lowest BCUT2D eigenvalue weighted by molar-refractivity contribution is -0.288. The lowest BCUT2D eigenvalue weighted by atomic mass is 9.71. The third-order valence-corrected chi connectivity index (χ3v) is 4.76. The highest BCUT2D eigenvalue weighted by atomic mass is 19.4. The molecule has 0 aliphatic heterocycles. The highest BCUT2D eigenvalue weighted by molar-refractivity contribution is 5.54. The molecule has 0 saturated heterocycles. The lowest BCUT2D eigenvalue weighted by Gasteiger charge is -2.39. The minimum absolute atomic E-state index is 0.147. The Kier molecular flexibility index (Phi) is 8.02. The summed E-state index contributed by atoms with van der Waals surface area (Å²) in [5.74, 6) is -0.984. The van der Waals surface area contributed by atoms with Gasteiger partial charge in [0.2, 0.25) is 5.41 Å². The molecule has 2 rings (SSSR count). The molecule has 0 atom stereocenters. The van der Waals surface area contributed by atoms with E-state index >= 15 is 0 Å². The van der Waals surface area contributed by atoms with Gasteiger partial charge in [-0.2, -0.15) is 26.3 Å². The van der Waals surface area contributed by atoms with Crippen LogP contribution >= 0.6 is 0 Å². The first kappa shape index (κ1) is 26.6. The van der Waals surface area contributed by atoms with Crippen molar-refractivity contribution < 1.29 is 46.8 Å². The summed E-state index contributed by atoms with van der Waals surface area (Å²) in [7, 11) is 0. The lowest BCUT2D eigenvalue weighted by Crippen LogP contribution is -2.55. The maximum absolute atomic E-state index is 14.2. The third-order valence-electron chi connectivity index (χ3n) is 4.76. The number of hydrogen-bond acceptors (Lipinski definition) is 4. The van der Waals surface area contributed by atoms with Crippen LogP contribution in [0.1, 0.15) is 40.3 Å². The SMILES string of the molecule is CCO.Cc1cc(C(c2cc(C)c(O)c(CO)c2)(C(F)(F)F)C(F)(F)F)cc(C)c1O. The number of halogens is 6. The van der Waals surface area contributed by atoms with Gasteiger partial charge in [-0.15, -0.1) is 0 Å². The van der Waals surface area contributed by atoms with Crippen molar-refractivity contribution in [3.8, 4) is 11.5 Å². The molecule has 0 spiro atoms. The molecule has 174 valence electrons. The van der Waals surface area contributed by atoms with Gasteiger partial charge < -0.3 is 20.4 Å². The van der Waals surface area contributed by atoms with Crippen LogP contribution < -0.4 is 0 Å². The second kappa shape index (κ2) is 9.35. The maximum Gasteiger partial charge on any atom is 0.411 e. The Labute approximate surface area is 175 Å². The Hall–Kier alpha value is -2.46. The summed E-state index contributed by atoms with van der Waals surface area (Å²) in [5, 5.41) is 36.5. The van der Waals surface area contributed by atoms with E-state index < -0.39 is 52.6 Å². The first-order chi connectivity index (χ1) is 14.1. The van der Waals surface area contributed by atoms with Crippen molar-refractivity contribution in [2.75, 3.05) is 6.61 Å². The standard InChI is InChI=1S/C19H18F6O3.C2H6O/c1-9-4-13(5-10(2)15(9)27)17(18(20,21)22,19(23,24)25)14-6-11(3)16(28)12(7-14)8-26;1-2-3/h4-7,26-28H,8H2,1-3H3;3H,2H2,1H3. The average Bonchev–Trinajstić information content (AvgIpc) is 2.61. The monoisotopic (exact) mass is 454 g/mol. The van der Waals surface area contributed by atoms with E-state index in [0.717, 1.165) is 6.92 Å². The van der Waals surface area contributed by atoms with E-state index in [2.05, 4.69) is 0 Å². The van der Waals surface area contributed by atoms with Gasteiger partial charge in [0.1, 0.15) is 11.5 Å². The molecule has 2 aromatic rings. The molecule has 10 heteroatoms. The molecule has 0 unspecified atom stereocenters. The van der Waals surface area contributed by atoms with Gasteiger partial charge in [0.05, 0.1) is 6.61 Å². The van der Waals surface area contributed by atoms with Gasteiger partial charge in [0.25, 0.3) is 0 Å². The van der Waals surface area contributed by atoms with Gasteiger partial charge in [0.15, 0.2) is 0 Å². The van der Waals surface area contributed by atoms with Crippen LogP contribution in [0.2, 0.25) is 0 Å². The van der Waals surface area contributed by atoms with Gasteiger partial charge in [-0.1, -0.05) is 18.2 Å². The molecule has 0 amide bonds. The Bertz CT molecular complexity index is 882. The Morgan fingerprint density at radius 2 is 1.00 bits per heavy atom. The number of aliphatic hydroxyl groups excluding tert-OH is 2. The second-order valence-electron chi connectivity index (χ2n) is 6.98. The fourth-order valence-electron chi connectivity index (χ4n) is 3.34. The summed E-state index contributed by atoms with van der Waals surface area (Å²) in [6.45, 7) is 4.53. The number of phenols is 2. The van der Waals surface area contributed by atoms with Crippen LogP contribution in [0.4, 0.5) is 26.3 Å². The summed E-state index contributed by atoms with van der Waals surface area (Å²) in [4.78, 5) is 0. The molecule has 4 N–H and O–H groups in total. The molecule has 0 bridgehead atoms. The zero-order valence-electron chi connectivity index (χ0n) is 17.3. The summed E-state index contributed by atoms with van der Waals surface area (Å²) in [6, 6.07) is 2.39. The quantitative estimate of drug-likeness (QED) is 0.496. The van der Waals surface area contributed by atoms with E-state index in [1.807, 2.05) is 0 Å². The Balaban J connectivity index is 0.00000151. The van der Waals surface area contributed by atoms with E-state index in [0.29, 0.717) is 24.3 Å². The van der Waals surface area contributed by atoms with E-state index in [1.165, 1.54) is 13.8 Å². The highest BCUT2D eigenvalue weighted by Crippen LogP contribution is 2.57. The van der Waals surface area contributed by atoms with Gasteiger partial charge in [0, 0.05) is 12.2 Å². The molecule has 2 aromatic carbocycles. The van der Waals surface area contributed by atoms with E-state index in [1.54, 1.807) is 6.92 Å². The molecule has 31 heavy (non-hydrogen) atoms. The van der Waals surface area contributed by atoms with Gasteiger partial charge in [-0.05, 0) is 61.6 Å². The van der Waals surface area contributed by atoms with Crippen LogP contribution in [0.5, 0.6) is 11.5 Å². The molecule has 4 nitrogen and oxygen atoms in total. The van der Waals surface area contributed by atoms with Crippen molar-refractivity contribution in [2.24, 2.45) is 0 Å². The van der Waals surface area contributed by atoms with Gasteiger partial charge in [-0.3, -0.25) is 0 Å². The summed E-state index contributed by atoms with van der Waals surface area (Å²) in [6.07, 6.45) is -11.6. The van der Waals surface area contributed by atoms with Crippen molar-refractivity contribution >= 4 is 0 Å². The largest absolute Gasteiger partial charge is 0.507 e. The first-order valence-electron chi connectivity index (χ1n) is 9.08. The van der Waals surface area contributed by atoms with Gasteiger partial charge in [-0.25, -0.2) is 0 Å². The molecule has 0 aromatic heterocycles. The zero-order chi connectivity index (χ0) is 24.4.